The molecule has 4 nitrogen and oxygen atoms in total. The molecule has 0 bridgehead atoms. The molecule has 0 unspecified atom stereocenters. The summed E-state index contributed by atoms with van der Waals surface area (Å²) in [6, 6.07) is 23.0. The molecule has 5 heteroatoms. The fourth-order valence-electron chi connectivity index (χ4n) is 2.94. The van der Waals surface area contributed by atoms with E-state index in [-0.39, 0.29) is 6.54 Å². The van der Waals surface area contributed by atoms with Crippen molar-refractivity contribution in [3.05, 3.63) is 104 Å². The average Bonchev–Trinajstić information content (AvgIpc) is 2.67. The Balaban J connectivity index is 1.95. The van der Waals surface area contributed by atoms with E-state index in [0.717, 1.165) is 21.2 Å². The summed E-state index contributed by atoms with van der Waals surface area (Å²) in [5, 5.41) is 0. The highest BCUT2D eigenvalue weighted by Crippen LogP contribution is 2.24. The highest BCUT2D eigenvalue weighted by molar-refractivity contribution is 9.10. The normalized spacial score (nSPS) is 11.0. The maximum Gasteiger partial charge on any atom is 0.402 e. The van der Waals surface area contributed by atoms with E-state index in [9.17, 15) is 9.59 Å². The van der Waals surface area contributed by atoms with E-state index in [4.69, 9.17) is 4.42 Å². The summed E-state index contributed by atoms with van der Waals surface area (Å²) >= 11 is 3.50. The van der Waals surface area contributed by atoms with E-state index < -0.39 is 11.2 Å². The van der Waals surface area contributed by atoms with Crippen LogP contribution in [0.5, 0.6) is 0 Å². The van der Waals surface area contributed by atoms with Gasteiger partial charge < -0.3 is 4.42 Å². The van der Waals surface area contributed by atoms with Crippen molar-refractivity contribution in [2.75, 3.05) is 0 Å². The van der Waals surface area contributed by atoms with Gasteiger partial charge in [-0.2, -0.15) is 0 Å². The number of fused-ring (bicyclic) bond motifs is 1. The highest BCUT2D eigenvalue weighted by atomic mass is 79.9. The molecule has 4 rings (SSSR count). The molecule has 0 aliphatic carbocycles. The quantitative estimate of drug-likeness (QED) is 0.472. The Morgan fingerprint density at radius 1 is 0.846 bits per heavy atom. The highest BCUT2D eigenvalue weighted by Gasteiger charge is 2.12. The number of halogens is 1. The number of aromatic nitrogens is 1. The summed E-state index contributed by atoms with van der Waals surface area (Å²) in [6.07, 6.45) is 0. The molecule has 0 atom stereocenters. The molecule has 0 spiro atoms. The Hall–Kier alpha value is -2.92. The first-order valence-electron chi connectivity index (χ1n) is 8.10. The maximum atomic E-state index is 12.5. The molecule has 0 saturated carbocycles. The van der Waals surface area contributed by atoms with E-state index in [0.29, 0.717) is 11.1 Å². The molecule has 0 fully saturated rings. The van der Waals surface area contributed by atoms with Gasteiger partial charge in [0, 0.05) is 4.47 Å². The van der Waals surface area contributed by atoms with Crippen molar-refractivity contribution < 1.29 is 4.42 Å². The van der Waals surface area contributed by atoms with Crippen molar-refractivity contribution in [2.45, 2.75) is 6.54 Å². The van der Waals surface area contributed by atoms with Crippen LogP contribution in [0, 0.1) is 0 Å². The first-order chi connectivity index (χ1) is 12.6. The third kappa shape index (κ3) is 3.02. The Kier molecular flexibility index (Phi) is 4.31. The van der Waals surface area contributed by atoms with Gasteiger partial charge in [-0.15, -0.1) is 0 Å². The molecule has 1 heterocycles. The van der Waals surface area contributed by atoms with Gasteiger partial charge in [-0.05, 0) is 34.9 Å². The van der Waals surface area contributed by atoms with Crippen LogP contribution in [-0.4, -0.2) is 4.57 Å². The summed E-state index contributed by atoms with van der Waals surface area (Å²) in [6.45, 7) is 0.278. The monoisotopic (exact) mass is 407 g/mol. The first kappa shape index (κ1) is 16.5. The lowest BCUT2D eigenvalue weighted by Crippen LogP contribution is -2.34. The minimum absolute atomic E-state index is 0.278. The van der Waals surface area contributed by atoms with Crippen LogP contribution >= 0.6 is 15.9 Å². The predicted molar refractivity (Wildman–Crippen MR) is 105 cm³/mol. The minimum atomic E-state index is -0.864. The van der Waals surface area contributed by atoms with Crippen LogP contribution in [0.25, 0.3) is 22.2 Å². The Morgan fingerprint density at radius 3 is 2.35 bits per heavy atom. The molecule has 0 aliphatic heterocycles. The molecule has 128 valence electrons. The Bertz CT molecular complexity index is 1210. The number of rotatable bonds is 3. The van der Waals surface area contributed by atoms with Crippen LogP contribution in [0.4, 0.5) is 0 Å². The second-order valence-electron chi connectivity index (χ2n) is 5.92. The molecule has 0 N–H and O–H groups in total. The molecule has 0 radical (unpaired) electrons. The van der Waals surface area contributed by atoms with E-state index in [2.05, 4.69) is 15.9 Å². The van der Waals surface area contributed by atoms with E-state index in [1.807, 2.05) is 66.7 Å². The number of benzene rings is 3. The second-order valence-corrected chi connectivity index (χ2v) is 6.78. The zero-order valence-corrected chi connectivity index (χ0v) is 15.3. The average molecular weight is 408 g/mol. The van der Waals surface area contributed by atoms with Gasteiger partial charge in [0.25, 0.3) is 0 Å². The van der Waals surface area contributed by atoms with Gasteiger partial charge in [-0.3, -0.25) is 9.36 Å². The molecule has 4 aromatic rings. The topological polar surface area (TPSA) is 52.2 Å². The molecule has 26 heavy (non-hydrogen) atoms. The Morgan fingerprint density at radius 2 is 1.58 bits per heavy atom. The third-order valence-electron chi connectivity index (χ3n) is 4.27. The van der Waals surface area contributed by atoms with E-state index in [1.54, 1.807) is 6.07 Å². The zero-order chi connectivity index (χ0) is 18.1. The smallest absolute Gasteiger partial charge is 0.402 e. The van der Waals surface area contributed by atoms with Crippen LogP contribution in [-0.2, 0) is 6.54 Å². The van der Waals surface area contributed by atoms with Gasteiger partial charge in [0.05, 0.1) is 12.1 Å². The van der Waals surface area contributed by atoms with Gasteiger partial charge in [-0.1, -0.05) is 70.5 Å². The summed E-state index contributed by atoms with van der Waals surface area (Å²) in [4.78, 5) is 24.5. The van der Waals surface area contributed by atoms with Crippen LogP contribution in [0.15, 0.2) is 91.3 Å². The molecular formula is C21H14BrNO3. The van der Waals surface area contributed by atoms with Crippen molar-refractivity contribution in [3.8, 4) is 11.1 Å². The fraction of sp³-hybridized carbons (Fsp3) is 0.0476. The number of hydrogen-bond donors (Lipinski definition) is 0. The van der Waals surface area contributed by atoms with Gasteiger partial charge >= 0.3 is 11.2 Å². The second kappa shape index (κ2) is 6.77. The lowest BCUT2D eigenvalue weighted by Gasteiger charge is -2.11. The molecule has 0 aliphatic rings. The van der Waals surface area contributed by atoms with Crippen LogP contribution in [0.1, 0.15) is 5.56 Å². The van der Waals surface area contributed by atoms with E-state index in [1.165, 1.54) is 4.57 Å². The van der Waals surface area contributed by atoms with Crippen molar-refractivity contribution in [3.63, 3.8) is 0 Å². The molecule has 0 saturated heterocycles. The van der Waals surface area contributed by atoms with Crippen LogP contribution in [0.2, 0.25) is 0 Å². The largest absolute Gasteiger partial charge is 0.417 e. The van der Waals surface area contributed by atoms with Gasteiger partial charge in [0.1, 0.15) is 0 Å². The summed E-state index contributed by atoms with van der Waals surface area (Å²) in [5.41, 5.74) is 2.34. The van der Waals surface area contributed by atoms with Crippen LogP contribution in [0.3, 0.4) is 0 Å². The van der Waals surface area contributed by atoms with Crippen molar-refractivity contribution in [1.29, 1.82) is 0 Å². The predicted octanol–water partition coefficient (Wildman–Crippen LogP) is 4.43. The van der Waals surface area contributed by atoms with Gasteiger partial charge in [-0.25, -0.2) is 4.79 Å². The van der Waals surface area contributed by atoms with Crippen molar-refractivity contribution >= 4 is 27.0 Å². The standard InChI is InChI=1S/C21H14BrNO3/c22-17-9-5-4-8-16(17)13-23-18-12-15(14-6-2-1-3-7-14)10-11-19(18)26-21(25)20(23)24/h1-12H,13H2. The van der Waals surface area contributed by atoms with Crippen molar-refractivity contribution in [2.24, 2.45) is 0 Å². The van der Waals surface area contributed by atoms with Crippen LogP contribution < -0.4 is 11.2 Å². The SMILES string of the molecule is O=c1oc2ccc(-c3ccccc3)cc2n(Cc2ccccc2Br)c1=O. The van der Waals surface area contributed by atoms with E-state index >= 15 is 0 Å². The summed E-state index contributed by atoms with van der Waals surface area (Å²) in [7, 11) is 0. The lowest BCUT2D eigenvalue weighted by molar-refractivity contribution is 0.528. The third-order valence-corrected chi connectivity index (χ3v) is 5.04. The fourth-order valence-corrected chi connectivity index (χ4v) is 3.35. The zero-order valence-electron chi connectivity index (χ0n) is 13.7. The Labute approximate surface area is 157 Å². The maximum absolute atomic E-state index is 12.5. The van der Waals surface area contributed by atoms with Crippen molar-refractivity contribution in [1.82, 2.24) is 4.57 Å². The molecule has 3 aromatic carbocycles. The molecule has 1 aromatic heterocycles. The minimum Gasteiger partial charge on any atom is -0.417 e. The summed E-state index contributed by atoms with van der Waals surface area (Å²) < 4.78 is 7.54. The van der Waals surface area contributed by atoms with Gasteiger partial charge in [0.2, 0.25) is 0 Å². The molecular weight excluding hydrogens is 394 g/mol. The number of hydrogen-bond acceptors (Lipinski definition) is 3. The molecule has 0 amide bonds. The lowest BCUT2D eigenvalue weighted by atomic mass is 10.1. The first-order valence-corrected chi connectivity index (χ1v) is 8.89. The number of nitrogens with zero attached hydrogens (tertiary/aromatic N) is 1. The van der Waals surface area contributed by atoms with Gasteiger partial charge in [0.15, 0.2) is 5.58 Å². The summed E-state index contributed by atoms with van der Waals surface area (Å²) in [5.74, 6) is 0.